The number of aryl methyl sites for hydroxylation is 2. The van der Waals surface area contributed by atoms with Gasteiger partial charge in [0, 0.05) is 55.8 Å². The van der Waals surface area contributed by atoms with Crippen LogP contribution in [0.2, 0.25) is 0 Å². The molecule has 0 radical (unpaired) electrons. The standard InChI is InChI=1S/C32H30N2/c1-23-7-11-25(12-8-23)15-17-28-21-19-27-20-22-29(18-16-26-13-9-24(2)10-14-26)32(34(5)6)30(27)31(28)33(3)4/h7-14,19-22H,1-6H3. The zero-order valence-corrected chi connectivity index (χ0v) is 20.8. The number of rotatable bonds is 2. The van der Waals surface area contributed by atoms with Gasteiger partial charge in [0.1, 0.15) is 0 Å². The Bertz CT molecular complexity index is 1340. The highest BCUT2D eigenvalue weighted by atomic mass is 15.1. The van der Waals surface area contributed by atoms with Crippen molar-refractivity contribution in [3.05, 3.63) is 106 Å². The van der Waals surface area contributed by atoms with E-state index in [9.17, 15) is 0 Å². The average molecular weight is 443 g/mol. The Morgan fingerprint density at radius 2 is 0.853 bits per heavy atom. The van der Waals surface area contributed by atoms with Gasteiger partial charge in [0.05, 0.1) is 11.4 Å². The molecule has 2 nitrogen and oxygen atoms in total. The summed E-state index contributed by atoms with van der Waals surface area (Å²) in [6.45, 7) is 4.18. The molecule has 0 aliphatic rings. The molecule has 0 aromatic heterocycles. The predicted octanol–water partition coefficient (Wildman–Crippen LogP) is 6.39. The van der Waals surface area contributed by atoms with Crippen LogP contribution in [0.3, 0.4) is 0 Å². The first kappa shape index (κ1) is 23.0. The van der Waals surface area contributed by atoms with Crippen LogP contribution in [0.1, 0.15) is 33.4 Å². The van der Waals surface area contributed by atoms with Gasteiger partial charge in [-0.15, -0.1) is 0 Å². The van der Waals surface area contributed by atoms with Crippen molar-refractivity contribution in [1.29, 1.82) is 0 Å². The van der Waals surface area contributed by atoms with E-state index in [-0.39, 0.29) is 0 Å². The first-order chi connectivity index (χ1) is 16.3. The summed E-state index contributed by atoms with van der Waals surface area (Å²) in [5.74, 6) is 13.5. The molecule has 0 heterocycles. The highest BCUT2D eigenvalue weighted by Gasteiger charge is 2.16. The smallest absolute Gasteiger partial charge is 0.0621 e. The van der Waals surface area contributed by atoms with Crippen LogP contribution in [0.4, 0.5) is 11.4 Å². The number of hydrogen-bond donors (Lipinski definition) is 0. The van der Waals surface area contributed by atoms with Crippen LogP contribution >= 0.6 is 0 Å². The fourth-order valence-corrected chi connectivity index (χ4v) is 4.06. The normalized spacial score (nSPS) is 10.2. The number of hydrogen-bond acceptors (Lipinski definition) is 2. The van der Waals surface area contributed by atoms with Gasteiger partial charge >= 0.3 is 0 Å². The third-order valence-corrected chi connectivity index (χ3v) is 5.81. The second-order valence-corrected chi connectivity index (χ2v) is 9.04. The van der Waals surface area contributed by atoms with Gasteiger partial charge in [-0.05, 0) is 55.6 Å². The van der Waals surface area contributed by atoms with Gasteiger partial charge in [0.25, 0.3) is 0 Å². The second kappa shape index (κ2) is 9.78. The van der Waals surface area contributed by atoms with E-state index in [1.54, 1.807) is 0 Å². The fourth-order valence-electron chi connectivity index (χ4n) is 4.06. The predicted molar refractivity (Wildman–Crippen MR) is 147 cm³/mol. The van der Waals surface area contributed by atoms with Crippen LogP contribution in [-0.4, -0.2) is 28.2 Å². The van der Waals surface area contributed by atoms with Gasteiger partial charge in [0.15, 0.2) is 0 Å². The minimum atomic E-state index is 1.00. The van der Waals surface area contributed by atoms with E-state index in [4.69, 9.17) is 0 Å². The third-order valence-electron chi connectivity index (χ3n) is 5.81. The van der Waals surface area contributed by atoms with Gasteiger partial charge in [-0.1, -0.05) is 71.2 Å². The summed E-state index contributed by atoms with van der Waals surface area (Å²) in [6.07, 6.45) is 0. The lowest BCUT2D eigenvalue weighted by atomic mass is 9.97. The highest BCUT2D eigenvalue weighted by molar-refractivity contribution is 6.07. The minimum Gasteiger partial charge on any atom is -0.376 e. The maximum absolute atomic E-state index is 3.43. The monoisotopic (exact) mass is 442 g/mol. The number of anilines is 2. The van der Waals surface area contributed by atoms with Crippen LogP contribution in [0.15, 0.2) is 72.8 Å². The third kappa shape index (κ3) is 4.93. The summed E-state index contributed by atoms with van der Waals surface area (Å²) in [6, 6.07) is 25.2. The maximum atomic E-state index is 3.43. The van der Waals surface area contributed by atoms with Crippen LogP contribution in [-0.2, 0) is 0 Å². The fraction of sp³-hybridized carbons (Fsp3) is 0.188. The van der Waals surface area contributed by atoms with Gasteiger partial charge < -0.3 is 9.80 Å². The highest BCUT2D eigenvalue weighted by Crippen LogP contribution is 2.38. The average Bonchev–Trinajstić information content (AvgIpc) is 2.82. The zero-order valence-electron chi connectivity index (χ0n) is 20.8. The Balaban J connectivity index is 1.91. The van der Waals surface area contributed by atoms with Crippen molar-refractivity contribution in [1.82, 2.24) is 0 Å². The molecule has 0 aliphatic carbocycles. The number of fused-ring (bicyclic) bond motifs is 1. The molecule has 168 valence electrons. The van der Waals surface area contributed by atoms with E-state index in [0.29, 0.717) is 0 Å². The molecule has 0 aliphatic heterocycles. The van der Waals surface area contributed by atoms with Crippen LogP contribution in [0.5, 0.6) is 0 Å². The minimum absolute atomic E-state index is 1.00. The Morgan fingerprint density at radius 1 is 0.471 bits per heavy atom. The summed E-state index contributed by atoms with van der Waals surface area (Å²) in [7, 11) is 8.32. The molecule has 0 saturated heterocycles. The molecule has 0 unspecified atom stereocenters. The van der Waals surface area contributed by atoms with E-state index in [0.717, 1.165) is 33.6 Å². The second-order valence-electron chi connectivity index (χ2n) is 9.04. The molecule has 0 amide bonds. The lowest BCUT2D eigenvalue weighted by Gasteiger charge is -2.24. The summed E-state index contributed by atoms with van der Waals surface area (Å²) in [5.41, 5.74) is 8.73. The molecule has 0 saturated carbocycles. The van der Waals surface area contributed by atoms with Gasteiger partial charge in [0.2, 0.25) is 0 Å². The summed E-state index contributed by atoms with van der Waals surface area (Å²) >= 11 is 0. The van der Waals surface area contributed by atoms with Crippen LogP contribution in [0.25, 0.3) is 10.8 Å². The van der Waals surface area contributed by atoms with Crippen molar-refractivity contribution in [3.8, 4) is 23.7 Å². The van der Waals surface area contributed by atoms with Crippen molar-refractivity contribution in [2.45, 2.75) is 13.8 Å². The molecule has 0 atom stereocenters. The molecule has 0 spiro atoms. The van der Waals surface area contributed by atoms with E-state index in [2.05, 4.69) is 148 Å². The Labute approximate surface area is 203 Å². The largest absolute Gasteiger partial charge is 0.376 e. The molecule has 0 bridgehead atoms. The summed E-state index contributed by atoms with van der Waals surface area (Å²) in [4.78, 5) is 4.32. The van der Waals surface area contributed by atoms with Crippen LogP contribution < -0.4 is 9.80 Å². The molecule has 2 heteroatoms. The molecule has 0 N–H and O–H groups in total. The lowest BCUT2D eigenvalue weighted by Crippen LogP contribution is -2.15. The first-order valence-corrected chi connectivity index (χ1v) is 11.5. The SMILES string of the molecule is Cc1ccc(C#Cc2ccc3ccc(C#Cc4ccc(C)cc4)c(N(C)C)c3c2N(C)C)cc1. The molecule has 4 rings (SSSR count). The molecular formula is C32H30N2. The Morgan fingerprint density at radius 3 is 1.21 bits per heavy atom. The van der Waals surface area contributed by atoms with Crippen molar-refractivity contribution >= 4 is 22.1 Å². The van der Waals surface area contributed by atoms with E-state index in [1.165, 1.54) is 21.9 Å². The van der Waals surface area contributed by atoms with Gasteiger partial charge in [-0.3, -0.25) is 0 Å². The van der Waals surface area contributed by atoms with E-state index >= 15 is 0 Å². The number of benzene rings is 4. The molecular weight excluding hydrogens is 412 g/mol. The quantitative estimate of drug-likeness (QED) is 0.332. The molecule has 4 aromatic rings. The maximum Gasteiger partial charge on any atom is 0.0621 e. The topological polar surface area (TPSA) is 6.48 Å². The van der Waals surface area contributed by atoms with Gasteiger partial charge in [-0.25, -0.2) is 0 Å². The summed E-state index contributed by atoms with van der Waals surface area (Å²) < 4.78 is 0. The molecule has 4 aromatic carbocycles. The summed E-state index contributed by atoms with van der Waals surface area (Å²) in [5, 5.41) is 2.34. The van der Waals surface area contributed by atoms with E-state index in [1.807, 2.05) is 0 Å². The Hall–Kier alpha value is -4.14. The molecule has 34 heavy (non-hydrogen) atoms. The van der Waals surface area contributed by atoms with Crippen molar-refractivity contribution in [3.63, 3.8) is 0 Å². The van der Waals surface area contributed by atoms with E-state index < -0.39 is 0 Å². The number of nitrogens with zero attached hydrogens (tertiary/aromatic N) is 2. The van der Waals surface area contributed by atoms with Crippen molar-refractivity contribution in [2.75, 3.05) is 38.0 Å². The first-order valence-electron chi connectivity index (χ1n) is 11.5. The lowest BCUT2D eigenvalue weighted by molar-refractivity contribution is 1.12. The van der Waals surface area contributed by atoms with Crippen molar-refractivity contribution in [2.24, 2.45) is 0 Å². The van der Waals surface area contributed by atoms with Crippen molar-refractivity contribution < 1.29 is 0 Å². The Kier molecular flexibility index (Phi) is 6.62. The van der Waals surface area contributed by atoms with Gasteiger partial charge in [-0.2, -0.15) is 0 Å². The molecule has 0 fully saturated rings. The zero-order chi connectivity index (χ0) is 24.2. The van der Waals surface area contributed by atoms with Crippen LogP contribution in [0, 0.1) is 37.5 Å².